The van der Waals surface area contributed by atoms with Gasteiger partial charge in [0, 0.05) is 15.1 Å². The fraction of sp³-hybridized carbons (Fsp3) is 0.250. The second kappa shape index (κ2) is 6.99. The Morgan fingerprint density at radius 3 is 2.40 bits per heavy atom. The molecule has 4 heteroatoms. The maximum absolute atomic E-state index is 10.3. The van der Waals surface area contributed by atoms with Crippen molar-refractivity contribution in [3.05, 3.63) is 62.6 Å². The van der Waals surface area contributed by atoms with Crippen LogP contribution in [0.2, 0.25) is 5.02 Å². The molecule has 20 heavy (non-hydrogen) atoms. The first kappa shape index (κ1) is 15.9. The quantitative estimate of drug-likeness (QED) is 0.711. The van der Waals surface area contributed by atoms with Gasteiger partial charge in [0.1, 0.15) is 0 Å². The molecular formula is C16H16BrClOS. The van der Waals surface area contributed by atoms with E-state index in [4.69, 9.17) is 11.6 Å². The van der Waals surface area contributed by atoms with Crippen LogP contribution in [0.15, 0.2) is 45.8 Å². The molecule has 1 atom stereocenters. The molecule has 0 saturated heterocycles. The molecule has 0 aliphatic rings. The Morgan fingerprint density at radius 2 is 1.80 bits per heavy atom. The summed E-state index contributed by atoms with van der Waals surface area (Å²) in [5, 5.41) is 11.1. The van der Waals surface area contributed by atoms with E-state index in [-0.39, 0.29) is 0 Å². The number of hydrogen-bond acceptors (Lipinski definition) is 2. The second-order valence-electron chi connectivity index (χ2n) is 4.73. The molecule has 0 saturated carbocycles. The van der Waals surface area contributed by atoms with Crippen LogP contribution in [0, 0.1) is 13.8 Å². The number of hydrogen-bond donors (Lipinski definition) is 1. The van der Waals surface area contributed by atoms with Crippen LogP contribution < -0.4 is 0 Å². The maximum atomic E-state index is 10.3. The van der Waals surface area contributed by atoms with Gasteiger partial charge in [0.05, 0.1) is 11.1 Å². The standard InChI is InChI=1S/C16H16BrClOS/c1-10-7-12(8-11(2)16(10)17)14(19)9-20-15-6-4-3-5-13(15)18/h3-8,14,19H,9H2,1-2H3. The largest absolute Gasteiger partial charge is 0.388 e. The van der Waals surface area contributed by atoms with Gasteiger partial charge in [0.25, 0.3) is 0 Å². The van der Waals surface area contributed by atoms with Crippen molar-refractivity contribution in [3.63, 3.8) is 0 Å². The molecule has 0 fully saturated rings. The zero-order valence-electron chi connectivity index (χ0n) is 11.4. The first-order valence-electron chi connectivity index (χ1n) is 6.31. The molecule has 0 aliphatic heterocycles. The van der Waals surface area contributed by atoms with Crippen molar-refractivity contribution in [3.8, 4) is 0 Å². The molecule has 106 valence electrons. The number of aryl methyl sites for hydroxylation is 2. The zero-order chi connectivity index (χ0) is 14.7. The minimum Gasteiger partial charge on any atom is -0.388 e. The minimum atomic E-state index is -0.498. The van der Waals surface area contributed by atoms with E-state index in [0.29, 0.717) is 5.75 Å². The number of benzene rings is 2. The summed E-state index contributed by atoms with van der Waals surface area (Å²) >= 11 is 11.2. The highest BCUT2D eigenvalue weighted by molar-refractivity contribution is 9.10. The number of aliphatic hydroxyl groups is 1. The molecule has 0 aromatic heterocycles. The smallest absolute Gasteiger partial charge is 0.0884 e. The van der Waals surface area contributed by atoms with Crippen LogP contribution in [-0.2, 0) is 0 Å². The van der Waals surface area contributed by atoms with Crippen LogP contribution in [0.1, 0.15) is 22.8 Å². The first-order valence-corrected chi connectivity index (χ1v) is 8.46. The SMILES string of the molecule is Cc1cc(C(O)CSc2ccccc2Cl)cc(C)c1Br. The predicted octanol–water partition coefficient (Wildman–Crippen LogP) is 5.55. The van der Waals surface area contributed by atoms with Crippen LogP contribution in [0.25, 0.3) is 0 Å². The molecule has 1 unspecified atom stereocenters. The molecular weight excluding hydrogens is 356 g/mol. The average molecular weight is 372 g/mol. The van der Waals surface area contributed by atoms with Crippen molar-refractivity contribution in [2.45, 2.75) is 24.8 Å². The summed E-state index contributed by atoms with van der Waals surface area (Å²) in [6, 6.07) is 11.7. The highest BCUT2D eigenvalue weighted by Gasteiger charge is 2.12. The lowest BCUT2D eigenvalue weighted by molar-refractivity contribution is 0.204. The third-order valence-corrected chi connectivity index (χ3v) is 5.92. The molecule has 0 spiro atoms. The third kappa shape index (κ3) is 3.79. The van der Waals surface area contributed by atoms with Crippen LogP contribution in [0.4, 0.5) is 0 Å². The van der Waals surface area contributed by atoms with E-state index in [1.165, 1.54) is 0 Å². The van der Waals surface area contributed by atoms with Crippen LogP contribution in [-0.4, -0.2) is 10.9 Å². The van der Waals surface area contributed by atoms with Gasteiger partial charge in [-0.05, 0) is 42.7 Å². The second-order valence-corrected chi connectivity index (χ2v) is 6.99. The maximum Gasteiger partial charge on any atom is 0.0884 e. The summed E-state index contributed by atoms with van der Waals surface area (Å²) in [6.07, 6.45) is -0.498. The van der Waals surface area contributed by atoms with Gasteiger partial charge in [-0.2, -0.15) is 0 Å². The van der Waals surface area contributed by atoms with Gasteiger partial charge >= 0.3 is 0 Å². The van der Waals surface area contributed by atoms with Gasteiger partial charge in [-0.25, -0.2) is 0 Å². The molecule has 2 rings (SSSR count). The number of aliphatic hydroxyl groups excluding tert-OH is 1. The molecule has 0 amide bonds. The Bertz CT molecular complexity index is 592. The van der Waals surface area contributed by atoms with Crippen molar-refractivity contribution >= 4 is 39.3 Å². The Kier molecular flexibility index (Phi) is 5.56. The van der Waals surface area contributed by atoms with E-state index in [2.05, 4.69) is 15.9 Å². The summed E-state index contributed by atoms with van der Waals surface area (Å²) in [6.45, 7) is 4.07. The highest BCUT2D eigenvalue weighted by Crippen LogP contribution is 2.32. The first-order chi connectivity index (χ1) is 9.49. The predicted molar refractivity (Wildman–Crippen MR) is 90.8 cm³/mol. The van der Waals surface area contributed by atoms with Gasteiger partial charge in [0.15, 0.2) is 0 Å². The highest BCUT2D eigenvalue weighted by atomic mass is 79.9. The van der Waals surface area contributed by atoms with E-state index in [0.717, 1.165) is 31.1 Å². The topological polar surface area (TPSA) is 20.2 Å². The molecule has 0 radical (unpaired) electrons. The van der Waals surface area contributed by atoms with Crippen molar-refractivity contribution in [1.82, 2.24) is 0 Å². The van der Waals surface area contributed by atoms with E-state index in [1.54, 1.807) is 11.8 Å². The van der Waals surface area contributed by atoms with Crippen molar-refractivity contribution in [2.75, 3.05) is 5.75 Å². The van der Waals surface area contributed by atoms with Gasteiger partial charge < -0.3 is 5.11 Å². The minimum absolute atomic E-state index is 0.498. The molecule has 0 aliphatic carbocycles. The molecule has 2 aromatic carbocycles. The summed E-state index contributed by atoms with van der Waals surface area (Å²) in [5.41, 5.74) is 3.23. The Labute approximate surface area is 137 Å². The van der Waals surface area contributed by atoms with Gasteiger partial charge in [-0.15, -0.1) is 11.8 Å². The van der Waals surface area contributed by atoms with Crippen LogP contribution >= 0.6 is 39.3 Å². The summed E-state index contributed by atoms with van der Waals surface area (Å²) in [4.78, 5) is 0.999. The van der Waals surface area contributed by atoms with E-state index in [1.807, 2.05) is 50.2 Å². The molecule has 2 aromatic rings. The lowest BCUT2D eigenvalue weighted by atomic mass is 10.0. The zero-order valence-corrected chi connectivity index (χ0v) is 14.5. The Hall–Kier alpha value is -0.480. The number of rotatable bonds is 4. The Morgan fingerprint density at radius 1 is 1.20 bits per heavy atom. The average Bonchev–Trinajstić information content (AvgIpc) is 2.43. The van der Waals surface area contributed by atoms with Gasteiger partial charge in [-0.3, -0.25) is 0 Å². The normalized spacial score (nSPS) is 12.4. The molecule has 0 bridgehead atoms. The van der Waals surface area contributed by atoms with Crippen molar-refractivity contribution in [2.24, 2.45) is 0 Å². The summed E-state index contributed by atoms with van der Waals surface area (Å²) < 4.78 is 1.10. The van der Waals surface area contributed by atoms with Crippen LogP contribution in [0.5, 0.6) is 0 Å². The van der Waals surface area contributed by atoms with Crippen LogP contribution in [0.3, 0.4) is 0 Å². The lowest BCUT2D eigenvalue weighted by Gasteiger charge is -2.14. The van der Waals surface area contributed by atoms with Crippen molar-refractivity contribution < 1.29 is 5.11 Å². The molecule has 1 nitrogen and oxygen atoms in total. The molecule has 0 heterocycles. The van der Waals surface area contributed by atoms with E-state index < -0.39 is 6.10 Å². The lowest BCUT2D eigenvalue weighted by Crippen LogP contribution is -2.02. The van der Waals surface area contributed by atoms with Gasteiger partial charge in [0.2, 0.25) is 0 Å². The van der Waals surface area contributed by atoms with E-state index in [9.17, 15) is 5.11 Å². The van der Waals surface area contributed by atoms with E-state index >= 15 is 0 Å². The van der Waals surface area contributed by atoms with Crippen molar-refractivity contribution in [1.29, 1.82) is 0 Å². The monoisotopic (exact) mass is 370 g/mol. The summed E-state index contributed by atoms with van der Waals surface area (Å²) in [7, 11) is 0. The number of thioether (sulfide) groups is 1. The van der Waals surface area contributed by atoms with Gasteiger partial charge in [-0.1, -0.05) is 51.8 Å². The fourth-order valence-corrected chi connectivity index (χ4v) is 3.44. The summed E-state index contributed by atoms with van der Waals surface area (Å²) in [5.74, 6) is 0.588. The number of halogens is 2. The molecule has 1 N–H and O–H groups in total. The fourth-order valence-electron chi connectivity index (χ4n) is 2.00. The third-order valence-electron chi connectivity index (χ3n) is 3.08. The Balaban J connectivity index is 2.09.